The second-order valence-corrected chi connectivity index (χ2v) is 11.6. The van der Waals surface area contributed by atoms with Crippen LogP contribution in [0.4, 0.5) is 11.4 Å². The van der Waals surface area contributed by atoms with Crippen molar-refractivity contribution < 1.29 is 23.4 Å². The third kappa shape index (κ3) is 6.35. The summed E-state index contributed by atoms with van der Waals surface area (Å²) in [5.74, 6) is -0.0386. The minimum absolute atomic E-state index is 0.0386. The molecule has 1 saturated heterocycles. The highest BCUT2D eigenvalue weighted by atomic mass is 32.2. The average Bonchev–Trinajstić information content (AvgIpc) is 2.97. The zero-order chi connectivity index (χ0) is 28.1. The molecule has 0 bridgehead atoms. The van der Waals surface area contributed by atoms with E-state index in [2.05, 4.69) is 15.6 Å². The van der Waals surface area contributed by atoms with Crippen LogP contribution in [0.15, 0.2) is 82.5 Å². The largest absolute Gasteiger partial charge is 0.506 e. The highest BCUT2D eigenvalue weighted by molar-refractivity contribution is 7.89. The average molecular weight is 565 g/mol. The van der Waals surface area contributed by atoms with Crippen molar-refractivity contribution in [3.8, 4) is 5.75 Å². The maximum atomic E-state index is 12.8. The Morgan fingerprint density at radius 2 is 1.60 bits per heavy atom. The van der Waals surface area contributed by atoms with Gasteiger partial charge in [-0.25, -0.2) is 8.42 Å². The highest BCUT2D eigenvalue weighted by Crippen LogP contribution is 2.28. The van der Waals surface area contributed by atoms with E-state index >= 15 is 0 Å². The summed E-state index contributed by atoms with van der Waals surface area (Å²) < 4.78 is 32.3. The first-order chi connectivity index (χ1) is 19.3. The van der Waals surface area contributed by atoms with Crippen LogP contribution in [-0.2, 0) is 21.2 Å². The van der Waals surface area contributed by atoms with Crippen LogP contribution in [0.1, 0.15) is 17.2 Å². The Labute approximate surface area is 232 Å². The van der Waals surface area contributed by atoms with Crippen molar-refractivity contribution in [3.63, 3.8) is 0 Å². The minimum atomic E-state index is -3.52. The van der Waals surface area contributed by atoms with Gasteiger partial charge < -0.3 is 30.6 Å². The molecular weight excluding hydrogens is 532 g/mol. The molecule has 2 heterocycles. The van der Waals surface area contributed by atoms with E-state index in [1.54, 1.807) is 36.4 Å². The summed E-state index contributed by atoms with van der Waals surface area (Å²) in [7, 11) is -3.52. The van der Waals surface area contributed by atoms with Gasteiger partial charge >= 0.3 is 0 Å². The van der Waals surface area contributed by atoms with Crippen LogP contribution < -0.4 is 16.2 Å². The zero-order valence-corrected chi connectivity index (χ0v) is 22.7. The number of aromatic amines is 1. The summed E-state index contributed by atoms with van der Waals surface area (Å²) in [6.07, 6.45) is -0.0547. The van der Waals surface area contributed by atoms with Gasteiger partial charge in [-0.1, -0.05) is 18.2 Å². The van der Waals surface area contributed by atoms with Crippen molar-refractivity contribution >= 4 is 32.3 Å². The van der Waals surface area contributed by atoms with Gasteiger partial charge in [-0.15, -0.1) is 0 Å². The van der Waals surface area contributed by atoms with Crippen LogP contribution in [0.25, 0.3) is 10.9 Å². The lowest BCUT2D eigenvalue weighted by Crippen LogP contribution is -2.40. The summed E-state index contributed by atoms with van der Waals surface area (Å²) >= 11 is 0. The molecule has 1 aromatic heterocycles. The Balaban J connectivity index is 1.11. The molecule has 5 rings (SSSR count). The Bertz CT molecular complexity index is 1620. The van der Waals surface area contributed by atoms with Gasteiger partial charge in [-0.3, -0.25) is 4.79 Å². The van der Waals surface area contributed by atoms with Crippen LogP contribution in [-0.4, -0.2) is 67.3 Å². The van der Waals surface area contributed by atoms with E-state index in [1.165, 1.54) is 16.4 Å². The molecule has 1 fully saturated rings. The van der Waals surface area contributed by atoms with Crippen LogP contribution in [0, 0.1) is 0 Å². The minimum Gasteiger partial charge on any atom is -0.506 e. The quantitative estimate of drug-likeness (QED) is 0.185. The van der Waals surface area contributed by atoms with E-state index in [1.807, 2.05) is 24.3 Å². The van der Waals surface area contributed by atoms with Gasteiger partial charge in [0.05, 0.1) is 29.7 Å². The number of anilines is 2. The highest BCUT2D eigenvalue weighted by Gasteiger charge is 2.26. The second-order valence-electron chi connectivity index (χ2n) is 9.62. The van der Waals surface area contributed by atoms with Crippen molar-refractivity contribution in [2.45, 2.75) is 17.4 Å². The molecule has 0 amide bonds. The lowest BCUT2D eigenvalue weighted by Gasteiger charge is -2.26. The molecule has 4 aromatic rings. The first-order valence-corrected chi connectivity index (χ1v) is 14.5. The maximum Gasteiger partial charge on any atom is 0.248 e. The van der Waals surface area contributed by atoms with Crippen LogP contribution >= 0.6 is 0 Å². The number of phenolic OH excluding ortho intramolecular Hbond substituents is 1. The molecule has 0 saturated carbocycles. The number of pyridine rings is 1. The van der Waals surface area contributed by atoms with E-state index in [9.17, 15) is 23.4 Å². The van der Waals surface area contributed by atoms with Crippen LogP contribution in [0.2, 0.25) is 0 Å². The predicted molar refractivity (Wildman–Crippen MR) is 154 cm³/mol. The van der Waals surface area contributed by atoms with Gasteiger partial charge in [0.2, 0.25) is 15.6 Å². The first-order valence-electron chi connectivity index (χ1n) is 13.1. The Hall–Kier alpha value is -3.74. The lowest BCUT2D eigenvalue weighted by atomic mass is 10.0. The number of sulfonamides is 1. The van der Waals surface area contributed by atoms with Crippen LogP contribution in [0.3, 0.4) is 0 Å². The SMILES string of the molecule is O=c1ccc2c(C(O)CNCCc3ccc(Nc4ccc(S(=O)(=O)N5CCOCC5)cc4)cc3)ccc(O)c2[nH]1. The van der Waals surface area contributed by atoms with Gasteiger partial charge in [-0.2, -0.15) is 4.31 Å². The number of nitrogens with one attached hydrogen (secondary N) is 3. The molecule has 0 spiro atoms. The molecule has 10 nitrogen and oxygen atoms in total. The second kappa shape index (κ2) is 12.2. The summed E-state index contributed by atoms with van der Waals surface area (Å²) in [5.41, 5.74) is 3.41. The molecule has 11 heteroatoms. The molecule has 1 aliphatic heterocycles. The molecule has 40 heavy (non-hydrogen) atoms. The zero-order valence-electron chi connectivity index (χ0n) is 21.8. The fourth-order valence-electron chi connectivity index (χ4n) is 4.70. The Morgan fingerprint density at radius 1 is 0.925 bits per heavy atom. The molecule has 0 radical (unpaired) electrons. The molecule has 1 atom stereocenters. The number of aromatic hydroxyl groups is 1. The van der Waals surface area contributed by atoms with Crippen molar-refractivity contribution in [3.05, 3.63) is 94.3 Å². The maximum absolute atomic E-state index is 12.8. The molecule has 3 aromatic carbocycles. The van der Waals surface area contributed by atoms with Crippen molar-refractivity contribution in [1.82, 2.24) is 14.6 Å². The van der Waals surface area contributed by atoms with Gasteiger partial charge in [-0.05, 0) is 72.6 Å². The summed E-state index contributed by atoms with van der Waals surface area (Å²) in [5, 5.41) is 27.9. The Morgan fingerprint density at radius 3 is 2.30 bits per heavy atom. The molecular formula is C29H32N4O6S. The van der Waals surface area contributed by atoms with E-state index < -0.39 is 16.1 Å². The van der Waals surface area contributed by atoms with Gasteiger partial charge in [0, 0.05) is 42.5 Å². The van der Waals surface area contributed by atoms with E-state index in [-0.39, 0.29) is 16.2 Å². The van der Waals surface area contributed by atoms with E-state index in [0.717, 1.165) is 23.4 Å². The normalized spacial score (nSPS) is 15.2. The molecule has 5 N–H and O–H groups in total. The number of hydrogen-bond donors (Lipinski definition) is 5. The van der Waals surface area contributed by atoms with E-state index in [4.69, 9.17) is 4.74 Å². The van der Waals surface area contributed by atoms with Crippen molar-refractivity contribution in [1.29, 1.82) is 0 Å². The number of benzene rings is 3. The smallest absolute Gasteiger partial charge is 0.248 e. The number of ether oxygens (including phenoxy) is 1. The first kappa shape index (κ1) is 27.8. The molecule has 210 valence electrons. The number of morpholine rings is 1. The number of rotatable bonds is 10. The monoisotopic (exact) mass is 564 g/mol. The fourth-order valence-corrected chi connectivity index (χ4v) is 6.11. The topological polar surface area (TPSA) is 144 Å². The number of aromatic nitrogens is 1. The summed E-state index contributed by atoms with van der Waals surface area (Å²) in [6, 6.07) is 20.8. The number of aliphatic hydroxyl groups excluding tert-OH is 1. The standard InChI is InChI=1S/C29H32N4O6S/c34-26-11-9-24(25-10-12-28(36)32-29(25)26)27(35)19-30-14-13-20-1-3-21(4-2-20)31-22-5-7-23(8-6-22)40(37,38)33-15-17-39-18-16-33/h1-12,27,30-31,34-35H,13-19H2,(H,32,36). The molecule has 1 unspecified atom stereocenters. The number of hydrogen-bond acceptors (Lipinski definition) is 8. The summed E-state index contributed by atoms with van der Waals surface area (Å²) in [4.78, 5) is 14.5. The third-order valence-electron chi connectivity index (χ3n) is 6.90. The number of phenols is 1. The van der Waals surface area contributed by atoms with Crippen molar-refractivity contribution in [2.24, 2.45) is 0 Å². The number of nitrogens with zero attached hydrogens (tertiary/aromatic N) is 1. The summed E-state index contributed by atoms with van der Waals surface area (Å²) in [6.45, 7) is 2.51. The predicted octanol–water partition coefficient (Wildman–Crippen LogP) is 2.86. The number of aliphatic hydroxyl groups is 1. The number of fused-ring (bicyclic) bond motifs is 1. The van der Waals surface area contributed by atoms with Gasteiger partial charge in [0.25, 0.3) is 0 Å². The van der Waals surface area contributed by atoms with Gasteiger partial charge in [0.15, 0.2) is 0 Å². The number of H-pyrrole nitrogens is 1. The van der Waals surface area contributed by atoms with Crippen LogP contribution in [0.5, 0.6) is 5.75 Å². The Kier molecular flexibility index (Phi) is 8.48. The van der Waals surface area contributed by atoms with Crippen molar-refractivity contribution in [2.75, 3.05) is 44.7 Å². The van der Waals surface area contributed by atoms with Gasteiger partial charge in [0.1, 0.15) is 5.75 Å². The lowest BCUT2D eigenvalue weighted by molar-refractivity contribution is 0.0730. The molecule has 1 aliphatic rings. The third-order valence-corrected chi connectivity index (χ3v) is 8.81. The fraction of sp³-hybridized carbons (Fsp3) is 0.276. The molecule has 0 aliphatic carbocycles. The van der Waals surface area contributed by atoms with E-state index in [0.29, 0.717) is 55.9 Å².